The van der Waals surface area contributed by atoms with Crippen LogP contribution < -0.4 is 5.32 Å². The number of aryl methyl sites for hydroxylation is 2. The SMILES string of the molecule is Cc1nc(CN[C@H](C)c2ccc(-n3cnnn3)cc2)c(C)s1. The van der Waals surface area contributed by atoms with E-state index < -0.39 is 0 Å². The molecule has 2 aromatic heterocycles. The van der Waals surface area contributed by atoms with Gasteiger partial charge in [-0.3, -0.25) is 0 Å². The van der Waals surface area contributed by atoms with Gasteiger partial charge in [0.25, 0.3) is 0 Å². The molecule has 0 saturated heterocycles. The van der Waals surface area contributed by atoms with Crippen LogP contribution in [0.15, 0.2) is 30.6 Å². The van der Waals surface area contributed by atoms with Crippen molar-refractivity contribution < 1.29 is 0 Å². The molecule has 7 heteroatoms. The van der Waals surface area contributed by atoms with E-state index in [2.05, 4.69) is 51.8 Å². The second-order valence-electron chi connectivity index (χ2n) is 5.18. The van der Waals surface area contributed by atoms with Crippen LogP contribution in [0.4, 0.5) is 0 Å². The van der Waals surface area contributed by atoms with Crippen LogP contribution in [0.2, 0.25) is 0 Å². The summed E-state index contributed by atoms with van der Waals surface area (Å²) in [6.07, 6.45) is 1.59. The van der Waals surface area contributed by atoms with E-state index in [1.807, 2.05) is 19.1 Å². The summed E-state index contributed by atoms with van der Waals surface area (Å²) in [7, 11) is 0. The zero-order chi connectivity index (χ0) is 15.5. The van der Waals surface area contributed by atoms with Gasteiger partial charge in [0, 0.05) is 17.5 Å². The van der Waals surface area contributed by atoms with Gasteiger partial charge in [0.05, 0.1) is 16.4 Å². The first kappa shape index (κ1) is 14.8. The molecule has 0 amide bonds. The second kappa shape index (κ2) is 6.33. The van der Waals surface area contributed by atoms with Crippen LogP contribution in [0.1, 0.15) is 34.1 Å². The smallest absolute Gasteiger partial charge is 0.143 e. The molecular weight excluding hydrogens is 296 g/mol. The van der Waals surface area contributed by atoms with Crippen molar-refractivity contribution in [2.45, 2.75) is 33.4 Å². The lowest BCUT2D eigenvalue weighted by Crippen LogP contribution is -2.18. The van der Waals surface area contributed by atoms with E-state index in [0.29, 0.717) is 0 Å². The molecular formula is C15H18N6S. The number of tetrazole rings is 1. The van der Waals surface area contributed by atoms with Gasteiger partial charge in [0.15, 0.2) is 0 Å². The van der Waals surface area contributed by atoms with Crippen molar-refractivity contribution in [3.63, 3.8) is 0 Å². The summed E-state index contributed by atoms with van der Waals surface area (Å²) in [5.41, 5.74) is 3.31. The molecule has 0 spiro atoms. The van der Waals surface area contributed by atoms with E-state index in [-0.39, 0.29) is 6.04 Å². The standard InChI is InChI=1S/C15H18N6S/c1-10(16-8-15-11(2)22-12(3)18-15)13-4-6-14(7-5-13)21-9-17-19-20-21/h4-7,9-10,16H,8H2,1-3H3/t10-/m1/s1. The lowest BCUT2D eigenvalue weighted by Gasteiger charge is -2.14. The predicted octanol–water partition coefficient (Wildman–Crippen LogP) is 2.59. The van der Waals surface area contributed by atoms with Gasteiger partial charge in [-0.05, 0) is 48.9 Å². The van der Waals surface area contributed by atoms with E-state index in [1.54, 1.807) is 22.3 Å². The molecule has 1 N–H and O–H groups in total. The highest BCUT2D eigenvalue weighted by Gasteiger charge is 2.09. The highest BCUT2D eigenvalue weighted by Crippen LogP contribution is 2.19. The van der Waals surface area contributed by atoms with Crippen molar-refractivity contribution in [3.05, 3.63) is 51.7 Å². The average Bonchev–Trinajstić information content (AvgIpc) is 3.15. The Morgan fingerprint density at radius 3 is 2.59 bits per heavy atom. The molecule has 114 valence electrons. The summed E-state index contributed by atoms with van der Waals surface area (Å²) in [5.74, 6) is 0. The largest absolute Gasteiger partial charge is 0.305 e. The third-order valence-corrected chi connectivity index (χ3v) is 4.51. The number of rotatable bonds is 5. The molecule has 0 radical (unpaired) electrons. The Kier molecular flexibility index (Phi) is 4.26. The number of hydrogen-bond donors (Lipinski definition) is 1. The molecule has 3 aromatic rings. The quantitative estimate of drug-likeness (QED) is 0.784. The number of nitrogens with zero attached hydrogens (tertiary/aromatic N) is 5. The van der Waals surface area contributed by atoms with Crippen LogP contribution in [0, 0.1) is 13.8 Å². The third-order valence-electron chi connectivity index (χ3n) is 3.58. The van der Waals surface area contributed by atoms with E-state index in [0.717, 1.165) is 22.9 Å². The van der Waals surface area contributed by atoms with Crippen LogP contribution in [-0.2, 0) is 6.54 Å². The molecule has 0 bridgehead atoms. The Morgan fingerprint density at radius 2 is 2.00 bits per heavy atom. The van der Waals surface area contributed by atoms with E-state index in [1.165, 1.54) is 10.4 Å². The minimum atomic E-state index is 0.254. The first-order chi connectivity index (χ1) is 10.6. The summed E-state index contributed by atoms with van der Waals surface area (Å²) >= 11 is 1.74. The fourth-order valence-electron chi connectivity index (χ4n) is 2.30. The Hall–Kier alpha value is -2.12. The fraction of sp³-hybridized carbons (Fsp3) is 0.333. The van der Waals surface area contributed by atoms with Crippen molar-refractivity contribution in [3.8, 4) is 5.69 Å². The van der Waals surface area contributed by atoms with Gasteiger partial charge in [-0.15, -0.1) is 16.4 Å². The van der Waals surface area contributed by atoms with Crippen molar-refractivity contribution in [1.29, 1.82) is 0 Å². The van der Waals surface area contributed by atoms with Crippen LogP contribution in [-0.4, -0.2) is 25.2 Å². The maximum absolute atomic E-state index is 4.55. The van der Waals surface area contributed by atoms with Crippen molar-refractivity contribution in [2.24, 2.45) is 0 Å². The molecule has 1 aromatic carbocycles. The van der Waals surface area contributed by atoms with Gasteiger partial charge in [-0.1, -0.05) is 12.1 Å². The fourth-order valence-corrected chi connectivity index (χ4v) is 3.13. The van der Waals surface area contributed by atoms with Gasteiger partial charge in [-0.25, -0.2) is 9.67 Å². The Morgan fingerprint density at radius 1 is 1.23 bits per heavy atom. The predicted molar refractivity (Wildman–Crippen MR) is 86.0 cm³/mol. The lowest BCUT2D eigenvalue weighted by atomic mass is 10.1. The average molecular weight is 314 g/mol. The van der Waals surface area contributed by atoms with E-state index in [9.17, 15) is 0 Å². The first-order valence-corrected chi connectivity index (χ1v) is 7.95. The van der Waals surface area contributed by atoms with Crippen LogP contribution in [0.3, 0.4) is 0 Å². The highest BCUT2D eigenvalue weighted by atomic mass is 32.1. The topological polar surface area (TPSA) is 68.5 Å². The van der Waals surface area contributed by atoms with Crippen LogP contribution >= 0.6 is 11.3 Å². The summed E-state index contributed by atoms with van der Waals surface area (Å²) in [5, 5.41) is 15.8. The van der Waals surface area contributed by atoms with Crippen molar-refractivity contribution in [2.75, 3.05) is 0 Å². The minimum Gasteiger partial charge on any atom is -0.305 e. The molecule has 2 heterocycles. The van der Waals surface area contributed by atoms with Gasteiger partial charge >= 0.3 is 0 Å². The lowest BCUT2D eigenvalue weighted by molar-refractivity contribution is 0.567. The van der Waals surface area contributed by atoms with Crippen molar-refractivity contribution in [1.82, 2.24) is 30.5 Å². The number of benzene rings is 1. The summed E-state index contributed by atoms with van der Waals surface area (Å²) in [6, 6.07) is 8.47. The number of nitrogens with one attached hydrogen (secondary N) is 1. The van der Waals surface area contributed by atoms with Gasteiger partial charge in [0.1, 0.15) is 6.33 Å². The summed E-state index contributed by atoms with van der Waals surface area (Å²) < 4.78 is 1.64. The van der Waals surface area contributed by atoms with Crippen LogP contribution in [0.25, 0.3) is 5.69 Å². The van der Waals surface area contributed by atoms with Gasteiger partial charge in [0.2, 0.25) is 0 Å². The zero-order valence-corrected chi connectivity index (χ0v) is 13.6. The van der Waals surface area contributed by atoms with Crippen LogP contribution in [0.5, 0.6) is 0 Å². The maximum Gasteiger partial charge on any atom is 0.143 e. The Bertz CT molecular complexity index is 732. The van der Waals surface area contributed by atoms with E-state index in [4.69, 9.17) is 0 Å². The van der Waals surface area contributed by atoms with Gasteiger partial charge in [-0.2, -0.15) is 0 Å². The number of aromatic nitrogens is 5. The third kappa shape index (κ3) is 3.20. The normalized spacial score (nSPS) is 12.5. The summed E-state index contributed by atoms with van der Waals surface area (Å²) in [4.78, 5) is 5.84. The molecule has 0 unspecified atom stereocenters. The zero-order valence-electron chi connectivity index (χ0n) is 12.8. The molecule has 22 heavy (non-hydrogen) atoms. The minimum absolute atomic E-state index is 0.254. The number of hydrogen-bond acceptors (Lipinski definition) is 6. The molecule has 6 nitrogen and oxygen atoms in total. The highest BCUT2D eigenvalue weighted by molar-refractivity contribution is 7.11. The first-order valence-electron chi connectivity index (χ1n) is 7.13. The molecule has 0 aliphatic rings. The van der Waals surface area contributed by atoms with E-state index >= 15 is 0 Å². The molecule has 0 fully saturated rings. The van der Waals surface area contributed by atoms with Gasteiger partial charge < -0.3 is 5.32 Å². The summed E-state index contributed by atoms with van der Waals surface area (Å²) in [6.45, 7) is 7.10. The molecule has 1 atom stereocenters. The van der Waals surface area contributed by atoms with Crippen molar-refractivity contribution >= 4 is 11.3 Å². The number of thiazole rings is 1. The monoisotopic (exact) mass is 314 g/mol. The maximum atomic E-state index is 4.55. The Labute approximate surface area is 133 Å². The molecule has 0 aliphatic carbocycles. The molecule has 0 saturated carbocycles. The second-order valence-corrected chi connectivity index (χ2v) is 6.59. The molecule has 0 aliphatic heterocycles. The Balaban J connectivity index is 1.65. The molecule has 3 rings (SSSR count).